The van der Waals surface area contributed by atoms with Crippen LogP contribution in [0.1, 0.15) is 65.0 Å². The number of nitrogens with one attached hydrogen (secondary N) is 1. The van der Waals surface area contributed by atoms with Gasteiger partial charge in [-0.1, -0.05) is 19.4 Å². The molecule has 5 heteroatoms. The van der Waals surface area contributed by atoms with Crippen LogP contribution in [-0.4, -0.2) is 29.8 Å². The minimum atomic E-state index is -0.512. The van der Waals surface area contributed by atoms with Gasteiger partial charge in [0, 0.05) is 24.3 Å². The summed E-state index contributed by atoms with van der Waals surface area (Å²) in [6.07, 6.45) is 5.60. The molecule has 1 saturated heterocycles. The molecule has 2 heterocycles. The lowest BCUT2D eigenvalue weighted by atomic mass is 10.1. The summed E-state index contributed by atoms with van der Waals surface area (Å²) >= 11 is 0. The van der Waals surface area contributed by atoms with Crippen LogP contribution in [0.4, 0.5) is 10.6 Å². The summed E-state index contributed by atoms with van der Waals surface area (Å²) in [5.41, 5.74) is 0.578. The van der Waals surface area contributed by atoms with Crippen LogP contribution in [0.3, 0.4) is 0 Å². The number of hydrogen-bond acceptors (Lipinski definition) is 4. The van der Waals surface area contributed by atoms with Crippen LogP contribution in [0.5, 0.6) is 0 Å². The van der Waals surface area contributed by atoms with E-state index in [1.807, 2.05) is 26.8 Å². The predicted molar refractivity (Wildman–Crippen MR) is 92.7 cm³/mol. The second-order valence-corrected chi connectivity index (χ2v) is 7.05. The molecule has 128 valence electrons. The molecule has 1 aliphatic heterocycles. The molecule has 1 aromatic rings. The molecule has 0 radical (unpaired) electrons. The molecule has 23 heavy (non-hydrogen) atoms. The van der Waals surface area contributed by atoms with Crippen molar-refractivity contribution in [1.82, 2.24) is 10.3 Å². The highest BCUT2D eigenvalue weighted by molar-refractivity contribution is 5.87. The van der Waals surface area contributed by atoms with Gasteiger partial charge in [0.15, 0.2) is 0 Å². The molecule has 0 aliphatic carbocycles. The molecular formula is C18H29N3O2. The molecule has 0 spiro atoms. The Balaban J connectivity index is 2.29. The molecule has 2 rings (SSSR count). The van der Waals surface area contributed by atoms with Crippen LogP contribution in [0, 0.1) is 0 Å². The summed E-state index contributed by atoms with van der Waals surface area (Å²) < 4.78 is 5.60. The molecule has 1 fully saturated rings. The Hall–Kier alpha value is -1.62. The van der Waals surface area contributed by atoms with Crippen molar-refractivity contribution in [2.75, 3.05) is 18.0 Å². The van der Waals surface area contributed by atoms with Gasteiger partial charge in [-0.3, -0.25) is 4.90 Å². The second-order valence-electron chi connectivity index (χ2n) is 7.05. The third-order valence-corrected chi connectivity index (χ3v) is 3.86. The van der Waals surface area contributed by atoms with E-state index in [0.717, 1.165) is 43.6 Å². The van der Waals surface area contributed by atoms with Crippen molar-refractivity contribution in [1.29, 1.82) is 0 Å². The minimum absolute atomic E-state index is 0.269. The van der Waals surface area contributed by atoms with Crippen molar-refractivity contribution in [2.45, 2.75) is 65.0 Å². The second kappa shape index (κ2) is 7.77. The number of aromatic nitrogens is 1. The van der Waals surface area contributed by atoms with E-state index in [4.69, 9.17) is 4.74 Å². The average molecular weight is 319 g/mol. The fraction of sp³-hybridized carbons (Fsp3) is 0.667. The number of carbonyl (C=O) groups excluding carboxylic acids is 1. The third kappa shape index (κ3) is 4.93. The SMILES string of the molecule is CCCCN(C(=O)OC(C)(C)C)c1ncccc1[C@H]1CCCN1. The van der Waals surface area contributed by atoms with Crippen molar-refractivity contribution in [3.8, 4) is 0 Å². The van der Waals surface area contributed by atoms with Crippen molar-refractivity contribution in [3.63, 3.8) is 0 Å². The van der Waals surface area contributed by atoms with Gasteiger partial charge in [-0.2, -0.15) is 0 Å². The Kier molecular flexibility index (Phi) is 5.99. The first-order valence-electron chi connectivity index (χ1n) is 8.61. The third-order valence-electron chi connectivity index (χ3n) is 3.86. The highest BCUT2D eigenvalue weighted by Crippen LogP contribution is 2.30. The van der Waals surface area contributed by atoms with Crippen molar-refractivity contribution < 1.29 is 9.53 Å². The number of hydrogen-bond donors (Lipinski definition) is 1. The zero-order valence-electron chi connectivity index (χ0n) is 14.8. The van der Waals surface area contributed by atoms with E-state index in [1.165, 1.54) is 0 Å². The highest BCUT2D eigenvalue weighted by Gasteiger charge is 2.28. The average Bonchev–Trinajstić information content (AvgIpc) is 3.00. The maximum atomic E-state index is 12.7. The standard InChI is InChI=1S/C18H29N3O2/c1-5-6-13-21(17(22)23-18(2,3)4)16-14(9-7-12-20-16)15-10-8-11-19-15/h7,9,12,15,19H,5-6,8,10-11,13H2,1-4H3/t15-/m1/s1. The number of amides is 1. The Labute approximate surface area is 139 Å². The van der Waals surface area contributed by atoms with Crippen LogP contribution in [-0.2, 0) is 4.74 Å². The zero-order chi connectivity index (χ0) is 16.9. The van der Waals surface area contributed by atoms with Crippen LogP contribution < -0.4 is 10.2 Å². The van der Waals surface area contributed by atoms with Gasteiger partial charge in [0.1, 0.15) is 11.4 Å². The first-order chi connectivity index (χ1) is 10.9. The molecule has 1 aliphatic rings. The highest BCUT2D eigenvalue weighted by atomic mass is 16.6. The number of pyridine rings is 1. The van der Waals surface area contributed by atoms with Crippen LogP contribution >= 0.6 is 0 Å². The Morgan fingerprint density at radius 1 is 1.48 bits per heavy atom. The van der Waals surface area contributed by atoms with Gasteiger partial charge in [-0.05, 0) is 52.6 Å². The van der Waals surface area contributed by atoms with Crippen LogP contribution in [0.25, 0.3) is 0 Å². The fourth-order valence-corrected chi connectivity index (χ4v) is 2.77. The van der Waals surface area contributed by atoms with Crippen LogP contribution in [0.15, 0.2) is 18.3 Å². The van der Waals surface area contributed by atoms with Gasteiger partial charge >= 0.3 is 6.09 Å². The smallest absolute Gasteiger partial charge is 0.416 e. The van der Waals surface area contributed by atoms with Gasteiger partial charge in [-0.25, -0.2) is 9.78 Å². The minimum Gasteiger partial charge on any atom is -0.443 e. The number of ether oxygens (including phenoxy) is 1. The van der Waals surface area contributed by atoms with E-state index in [1.54, 1.807) is 11.1 Å². The lowest BCUT2D eigenvalue weighted by molar-refractivity contribution is 0.0578. The van der Waals surface area contributed by atoms with Gasteiger partial charge in [0.05, 0.1) is 0 Å². The van der Waals surface area contributed by atoms with Crippen molar-refractivity contribution >= 4 is 11.9 Å². The molecule has 1 aromatic heterocycles. The van der Waals surface area contributed by atoms with E-state index >= 15 is 0 Å². The summed E-state index contributed by atoms with van der Waals surface area (Å²) in [5, 5.41) is 3.49. The normalized spacial score (nSPS) is 18.0. The van der Waals surface area contributed by atoms with Gasteiger partial charge in [-0.15, -0.1) is 0 Å². The van der Waals surface area contributed by atoms with Crippen molar-refractivity contribution in [2.24, 2.45) is 0 Å². The molecule has 5 nitrogen and oxygen atoms in total. The monoisotopic (exact) mass is 319 g/mol. The largest absolute Gasteiger partial charge is 0.443 e. The molecule has 0 bridgehead atoms. The van der Waals surface area contributed by atoms with E-state index in [2.05, 4.69) is 23.3 Å². The lowest BCUT2D eigenvalue weighted by Gasteiger charge is -2.29. The maximum absolute atomic E-state index is 12.7. The van der Waals surface area contributed by atoms with E-state index in [9.17, 15) is 4.79 Å². The number of rotatable bonds is 5. The topological polar surface area (TPSA) is 54.5 Å². The summed E-state index contributed by atoms with van der Waals surface area (Å²) in [7, 11) is 0. The lowest BCUT2D eigenvalue weighted by Crippen LogP contribution is -2.39. The number of nitrogens with zero attached hydrogens (tertiary/aromatic N) is 2. The summed E-state index contributed by atoms with van der Waals surface area (Å²) in [4.78, 5) is 18.9. The van der Waals surface area contributed by atoms with Crippen molar-refractivity contribution in [3.05, 3.63) is 23.9 Å². The molecule has 1 amide bonds. The van der Waals surface area contributed by atoms with Gasteiger partial charge in [0.2, 0.25) is 0 Å². The zero-order valence-corrected chi connectivity index (χ0v) is 14.8. The predicted octanol–water partition coefficient (Wildman–Crippen LogP) is 4.05. The van der Waals surface area contributed by atoms with E-state index in [0.29, 0.717) is 6.54 Å². The first-order valence-corrected chi connectivity index (χ1v) is 8.61. The maximum Gasteiger partial charge on any atom is 0.416 e. The Morgan fingerprint density at radius 2 is 2.26 bits per heavy atom. The fourth-order valence-electron chi connectivity index (χ4n) is 2.77. The summed E-state index contributed by atoms with van der Waals surface area (Å²) in [6, 6.07) is 4.27. The molecular weight excluding hydrogens is 290 g/mol. The first kappa shape index (κ1) is 17.7. The van der Waals surface area contributed by atoms with E-state index < -0.39 is 5.60 Å². The summed E-state index contributed by atoms with van der Waals surface area (Å²) in [5.74, 6) is 0.731. The molecule has 1 N–H and O–H groups in total. The Morgan fingerprint density at radius 3 is 2.87 bits per heavy atom. The Bertz CT molecular complexity index is 519. The molecule has 0 unspecified atom stereocenters. The van der Waals surface area contributed by atoms with E-state index in [-0.39, 0.29) is 12.1 Å². The summed E-state index contributed by atoms with van der Waals surface area (Å²) in [6.45, 7) is 9.43. The van der Waals surface area contributed by atoms with Gasteiger partial charge < -0.3 is 10.1 Å². The quantitative estimate of drug-likeness (QED) is 0.889. The molecule has 1 atom stereocenters. The van der Waals surface area contributed by atoms with Gasteiger partial charge in [0.25, 0.3) is 0 Å². The molecule has 0 aromatic carbocycles. The number of carbonyl (C=O) groups is 1. The number of unbranched alkanes of at least 4 members (excludes halogenated alkanes) is 1. The number of anilines is 1. The van der Waals surface area contributed by atoms with Crippen LogP contribution in [0.2, 0.25) is 0 Å². The molecule has 0 saturated carbocycles.